The van der Waals surface area contributed by atoms with Gasteiger partial charge in [0.15, 0.2) is 0 Å². The molecule has 0 spiro atoms. The molecule has 15 atom stereocenters. The smallest absolute Gasteiger partial charge is 0.139 e. The van der Waals surface area contributed by atoms with E-state index in [4.69, 9.17) is 0 Å². The number of ketones is 5. The van der Waals surface area contributed by atoms with Crippen LogP contribution in [0.25, 0.3) is 54.5 Å². The number of likely N-dealkylation sites (tertiary alicyclic amines) is 5. The van der Waals surface area contributed by atoms with Crippen molar-refractivity contribution >= 4 is 142 Å². The van der Waals surface area contributed by atoms with Crippen LogP contribution in [-0.2, 0) is 56.1 Å². The minimum atomic E-state index is 0. The molecule has 0 bridgehead atoms. The highest BCUT2D eigenvalue weighted by molar-refractivity contribution is 8.00. The van der Waals surface area contributed by atoms with Crippen molar-refractivity contribution in [2.75, 3.05) is 123 Å². The number of thioether (sulfide) groups is 5. The number of piperidine rings is 5. The van der Waals surface area contributed by atoms with E-state index in [9.17, 15) is 24.0 Å². The van der Waals surface area contributed by atoms with Gasteiger partial charge in [-0.25, -0.2) is 0 Å². The van der Waals surface area contributed by atoms with Gasteiger partial charge in [-0.15, -0.1) is 0 Å². The molecule has 20 rings (SSSR count). The van der Waals surface area contributed by atoms with Gasteiger partial charge in [-0.3, -0.25) is 48.5 Å². The Hall–Kier alpha value is -6.30. The molecule has 5 saturated heterocycles. The number of benzene rings is 5. The van der Waals surface area contributed by atoms with Crippen molar-refractivity contribution in [3.63, 3.8) is 0 Å². The fourth-order valence-corrected chi connectivity index (χ4v) is 29.6. The first-order valence-electron chi connectivity index (χ1n) is 47.9. The molecule has 5 N–H and O–H groups in total. The first kappa shape index (κ1) is 109. The number of hydrogen-bond donors (Lipinski definition) is 5. The van der Waals surface area contributed by atoms with Crippen LogP contribution in [0.2, 0.25) is 0 Å². The van der Waals surface area contributed by atoms with Gasteiger partial charge >= 0.3 is 0 Å². The molecule has 20 heteroatoms. The van der Waals surface area contributed by atoms with Crippen molar-refractivity contribution in [2.24, 2.45) is 29.6 Å². The number of carbonyl (C=O) groups excluding carboxylic acids is 5. The van der Waals surface area contributed by atoms with E-state index in [0.29, 0.717) is 147 Å². The quantitative estimate of drug-likeness (QED) is 0.0287. The summed E-state index contributed by atoms with van der Waals surface area (Å²) in [4.78, 5) is 87.5. The van der Waals surface area contributed by atoms with Gasteiger partial charge in [0.25, 0.3) is 0 Å². The van der Waals surface area contributed by atoms with E-state index in [1.165, 1.54) is 244 Å². The zero-order chi connectivity index (χ0) is 86.9. The fourth-order valence-electron chi connectivity index (χ4n) is 24.7. The number of nitrogens with one attached hydrogen (secondary N) is 5. The number of hydrogen-bond acceptors (Lipinski definition) is 15. The summed E-state index contributed by atoms with van der Waals surface area (Å²) in [7, 11) is 0. The Morgan fingerprint density at radius 1 is 0.273 bits per heavy atom. The summed E-state index contributed by atoms with van der Waals surface area (Å²) >= 11 is 9.12. The maximum Gasteiger partial charge on any atom is 0.139 e. The van der Waals surface area contributed by atoms with Gasteiger partial charge in [-0.2, -0.15) is 58.8 Å². The SMILES string of the molecule is C.C.C.C.C.C.C.CCCN1C[C@H](CSCC(C)=O)C[C@@H]2c3cccc4[nH]cc(c34)C[C@H]21.CCCN1C[C@H](CSCC(C)=O)C[C@@H]2c3cccc4[nH]cc(c34)C[C@H]21.CCCN1C[C@H](CSCC(C)=O)C[C@@H]2c3cccc4[nH]cc(c34)C[C@H]21.CCCN1C[C@H](CSCC(C)=O)C[C@@H]2c3cccc4[nH]cc(c34)C[C@H]21.CCCN1C[C@H](CSCC(C)=O)C[C@@H]2c3cccc4[nH]cc(c34)C[C@H]21. The van der Waals surface area contributed by atoms with Gasteiger partial charge in [0.2, 0.25) is 0 Å². The molecule has 5 aromatic carbocycles. The van der Waals surface area contributed by atoms with Crippen LogP contribution >= 0.6 is 58.8 Å². The predicted molar refractivity (Wildman–Crippen MR) is 580 cm³/mol. The number of H-pyrrole nitrogens is 5. The van der Waals surface area contributed by atoms with Crippen LogP contribution in [0.1, 0.15) is 271 Å². The van der Waals surface area contributed by atoms with Crippen LogP contribution in [0.3, 0.4) is 0 Å². The van der Waals surface area contributed by atoms with Crippen LogP contribution in [0, 0.1) is 29.6 Å². The molecule has 5 aromatic heterocycles. The van der Waals surface area contributed by atoms with Gasteiger partial charge in [-0.1, -0.05) is 147 Å². The van der Waals surface area contributed by atoms with E-state index in [1.54, 1.807) is 62.4 Å². The molecule has 10 heterocycles. The van der Waals surface area contributed by atoms with Crippen molar-refractivity contribution in [2.45, 2.75) is 277 Å². The van der Waals surface area contributed by atoms with Crippen molar-refractivity contribution in [3.05, 3.63) is 178 Å². The normalized spacial score (nSPS) is 24.5. The lowest BCUT2D eigenvalue weighted by Gasteiger charge is -2.47. The lowest BCUT2D eigenvalue weighted by Crippen LogP contribution is -2.50. The van der Waals surface area contributed by atoms with Gasteiger partial charge in [-0.05, 0) is 308 Å². The number of rotatable bonds is 30. The van der Waals surface area contributed by atoms with E-state index >= 15 is 0 Å². The van der Waals surface area contributed by atoms with E-state index in [1.807, 2.05) is 58.8 Å². The molecule has 15 nitrogen and oxygen atoms in total. The highest BCUT2D eigenvalue weighted by atomic mass is 32.2. The monoisotopic (exact) mass is 1890 g/mol. The molecule has 5 aliphatic heterocycles. The van der Waals surface area contributed by atoms with Gasteiger partial charge in [0.05, 0.1) is 28.8 Å². The molecule has 0 radical (unpaired) electrons. The first-order chi connectivity index (χ1) is 60.8. The Kier molecular flexibility index (Phi) is 42.1. The number of carbonyl (C=O) groups is 5. The molecular formula is C112H168N10O5S5. The van der Waals surface area contributed by atoms with E-state index in [-0.39, 0.29) is 52.0 Å². The zero-order valence-corrected chi connectivity index (χ0v) is 80.4. The predicted octanol–water partition coefficient (Wildman–Crippen LogP) is 25.6. The van der Waals surface area contributed by atoms with Crippen LogP contribution < -0.4 is 0 Å². The second-order valence-electron chi connectivity index (χ2n) is 38.9. The van der Waals surface area contributed by atoms with Crippen molar-refractivity contribution in [1.82, 2.24) is 49.4 Å². The molecule has 5 aliphatic carbocycles. The van der Waals surface area contributed by atoms with Crippen molar-refractivity contribution in [1.29, 1.82) is 0 Å². The minimum absolute atomic E-state index is 0. The number of aromatic nitrogens is 5. The fraction of sp³-hybridized carbons (Fsp3) is 0.598. The average Bonchev–Trinajstić information content (AvgIpc) is 1.56. The van der Waals surface area contributed by atoms with Crippen LogP contribution in [0.5, 0.6) is 0 Å². The summed E-state index contributed by atoms with van der Waals surface area (Å²) in [5.74, 6) is 16.9. The number of aromatic amines is 5. The Balaban J connectivity index is 0.000000183. The number of fused-ring (bicyclic) bond motifs is 10. The molecule has 0 saturated carbocycles. The lowest BCUT2D eigenvalue weighted by molar-refractivity contribution is -0.115. The van der Waals surface area contributed by atoms with Crippen molar-refractivity contribution in [3.8, 4) is 0 Å². The molecule has 0 unspecified atom stereocenters. The maximum absolute atomic E-state index is 11.3. The van der Waals surface area contributed by atoms with Gasteiger partial charge in [0, 0.05) is 178 Å². The highest BCUT2D eigenvalue weighted by Crippen LogP contribution is 2.52. The summed E-state index contributed by atoms with van der Waals surface area (Å²) in [6, 6.07) is 37.0. The number of Topliss-reactive ketones (excluding diaryl/α,β-unsaturated/α-hetero) is 5. The Bertz CT molecular complexity index is 4600. The molecular weight excluding hydrogens is 1730 g/mol. The van der Waals surface area contributed by atoms with E-state index < -0.39 is 0 Å². The molecule has 132 heavy (non-hydrogen) atoms. The molecule has 5 fully saturated rings. The molecule has 10 aliphatic rings. The third-order valence-corrected chi connectivity index (χ3v) is 35.7. The van der Waals surface area contributed by atoms with Gasteiger partial charge in [0.1, 0.15) is 28.9 Å². The number of nitrogens with zero attached hydrogens (tertiary/aromatic N) is 5. The van der Waals surface area contributed by atoms with Gasteiger partial charge < -0.3 is 24.9 Å². The highest BCUT2D eigenvalue weighted by Gasteiger charge is 2.47. The third-order valence-electron chi connectivity index (χ3n) is 29.2. The second-order valence-corrected chi connectivity index (χ2v) is 44.0. The Morgan fingerprint density at radius 2 is 0.439 bits per heavy atom. The standard InChI is InChI=1S/5C21H28N2OS.7CH4/c5*1-3-7-23-11-15(13-25-12-14(2)24)8-18-17-5-4-6-19-21(17)16(10-22-19)9-20(18)23;;;;;;;/h5*4-6,10,15,18,20,22H,3,7-9,11-13H2,1-2H3;7*1H4/t5*15-,18-,20-;;;;;;;/m11111......./s1. The molecule has 10 aromatic rings. The summed E-state index contributed by atoms with van der Waals surface area (Å²) in [5.41, 5.74) is 21.7. The largest absolute Gasteiger partial charge is 0.361 e. The second kappa shape index (κ2) is 50.9. The average molecular weight is 1890 g/mol. The molecule has 0 amide bonds. The minimum Gasteiger partial charge on any atom is -0.361 e. The third kappa shape index (κ3) is 24.9. The topological polar surface area (TPSA) is 180 Å². The van der Waals surface area contributed by atoms with Crippen LogP contribution in [0.4, 0.5) is 0 Å². The van der Waals surface area contributed by atoms with E-state index in [0.717, 1.165) is 28.8 Å². The van der Waals surface area contributed by atoms with Crippen LogP contribution in [-0.4, -0.2) is 232 Å². The summed E-state index contributed by atoms with van der Waals surface area (Å²) in [6.07, 6.45) is 29.4. The zero-order valence-electron chi connectivity index (χ0n) is 76.3. The lowest BCUT2D eigenvalue weighted by atomic mass is 9.72. The molecule has 726 valence electrons. The maximum atomic E-state index is 11.3. The first-order valence-corrected chi connectivity index (χ1v) is 53.6. The van der Waals surface area contributed by atoms with Crippen LogP contribution in [0.15, 0.2) is 122 Å². The Morgan fingerprint density at radius 3 is 0.591 bits per heavy atom. The van der Waals surface area contributed by atoms with Crippen molar-refractivity contribution < 1.29 is 24.0 Å². The summed E-state index contributed by atoms with van der Waals surface area (Å²) in [5, 5.41) is 7.42. The van der Waals surface area contributed by atoms with E-state index in [2.05, 4.69) is 206 Å². The summed E-state index contributed by atoms with van der Waals surface area (Å²) in [6.45, 7) is 31.8. The summed E-state index contributed by atoms with van der Waals surface area (Å²) < 4.78 is 0. The Labute approximate surface area is 817 Å².